The lowest BCUT2D eigenvalue weighted by atomic mass is 9.97. The Morgan fingerprint density at radius 3 is 2.77 bits per heavy atom. The Labute approximate surface area is 193 Å². The van der Waals surface area contributed by atoms with E-state index in [1.54, 1.807) is 22.0 Å². The van der Waals surface area contributed by atoms with E-state index >= 15 is 0 Å². The molecule has 0 saturated carbocycles. The van der Waals surface area contributed by atoms with Crippen molar-refractivity contribution in [1.82, 2.24) is 24.5 Å². The van der Waals surface area contributed by atoms with Crippen molar-refractivity contribution in [1.29, 1.82) is 0 Å². The van der Waals surface area contributed by atoms with Gasteiger partial charge in [-0.25, -0.2) is 14.5 Å². The fourth-order valence-electron chi connectivity index (χ4n) is 4.13. The van der Waals surface area contributed by atoms with Gasteiger partial charge in [-0.3, -0.25) is 4.79 Å². The maximum Gasteiger partial charge on any atom is 0.257 e. The van der Waals surface area contributed by atoms with Crippen LogP contribution in [0.5, 0.6) is 0 Å². The van der Waals surface area contributed by atoms with E-state index in [0.717, 1.165) is 63.7 Å². The van der Waals surface area contributed by atoms with Crippen molar-refractivity contribution < 1.29 is 4.79 Å². The van der Waals surface area contributed by atoms with Crippen molar-refractivity contribution in [2.24, 2.45) is 0 Å². The zero-order chi connectivity index (χ0) is 21.5. The molecule has 1 aromatic carbocycles. The summed E-state index contributed by atoms with van der Waals surface area (Å²) in [5.74, 6) is 0.429. The van der Waals surface area contributed by atoms with Crippen LogP contribution in [0.3, 0.4) is 0 Å². The van der Waals surface area contributed by atoms with Crippen molar-refractivity contribution in [2.45, 2.75) is 32.6 Å². The van der Waals surface area contributed by atoms with Crippen molar-refractivity contribution in [3.05, 3.63) is 68.3 Å². The summed E-state index contributed by atoms with van der Waals surface area (Å²) < 4.78 is 2.81. The molecule has 0 N–H and O–H groups in total. The van der Waals surface area contributed by atoms with Gasteiger partial charge in [0.05, 0.1) is 27.7 Å². The third kappa shape index (κ3) is 3.90. The average Bonchev–Trinajstić information content (AvgIpc) is 3.41. The van der Waals surface area contributed by atoms with Crippen LogP contribution < -0.4 is 0 Å². The first-order valence-electron chi connectivity index (χ1n) is 10.3. The largest absolute Gasteiger partial charge is 0.338 e. The number of halogens is 1. The Kier molecular flexibility index (Phi) is 5.35. The number of aryl methyl sites for hydroxylation is 2. The van der Waals surface area contributed by atoms with Crippen LogP contribution in [0.25, 0.3) is 16.9 Å². The van der Waals surface area contributed by atoms with Gasteiger partial charge in [-0.1, -0.05) is 28.1 Å². The molecular weight excluding hydrogens is 474 g/mol. The highest BCUT2D eigenvalue weighted by Gasteiger charge is 2.28. The van der Waals surface area contributed by atoms with E-state index in [9.17, 15) is 4.79 Å². The van der Waals surface area contributed by atoms with Crippen LogP contribution in [0.15, 0.2) is 46.4 Å². The van der Waals surface area contributed by atoms with Crippen LogP contribution in [0.2, 0.25) is 0 Å². The van der Waals surface area contributed by atoms with Crippen molar-refractivity contribution in [3.63, 3.8) is 0 Å². The minimum atomic E-state index is 0.0347. The number of piperidine rings is 1. The van der Waals surface area contributed by atoms with Gasteiger partial charge >= 0.3 is 0 Å². The summed E-state index contributed by atoms with van der Waals surface area (Å²) in [6.45, 7) is 5.32. The van der Waals surface area contributed by atoms with Crippen molar-refractivity contribution >= 4 is 38.8 Å². The SMILES string of the molecule is Cc1cc2ncc(C(=O)N3CCC(c4nc(-c5cccc(Br)c5)cs4)CC3)c(C)n2n1. The number of hydrogen-bond donors (Lipinski definition) is 0. The molecule has 1 aliphatic heterocycles. The second kappa shape index (κ2) is 8.16. The van der Waals surface area contributed by atoms with Crippen molar-refractivity contribution in [3.8, 4) is 11.3 Å². The van der Waals surface area contributed by atoms with Crippen LogP contribution in [0.4, 0.5) is 0 Å². The second-order valence-electron chi connectivity index (χ2n) is 7.96. The smallest absolute Gasteiger partial charge is 0.257 e. The zero-order valence-corrected chi connectivity index (χ0v) is 19.8. The lowest BCUT2D eigenvalue weighted by Crippen LogP contribution is -2.38. The molecule has 31 heavy (non-hydrogen) atoms. The number of hydrogen-bond acceptors (Lipinski definition) is 5. The lowest BCUT2D eigenvalue weighted by Gasteiger charge is -2.31. The first-order chi connectivity index (χ1) is 15.0. The molecule has 0 radical (unpaired) electrons. The first-order valence-corrected chi connectivity index (χ1v) is 12.0. The predicted molar refractivity (Wildman–Crippen MR) is 126 cm³/mol. The summed E-state index contributed by atoms with van der Waals surface area (Å²) in [6.07, 6.45) is 3.53. The zero-order valence-electron chi connectivity index (χ0n) is 17.4. The first kappa shape index (κ1) is 20.3. The van der Waals surface area contributed by atoms with E-state index < -0.39 is 0 Å². The quantitative estimate of drug-likeness (QED) is 0.389. The van der Waals surface area contributed by atoms with E-state index in [0.29, 0.717) is 11.5 Å². The van der Waals surface area contributed by atoms with Gasteiger partial charge in [-0.2, -0.15) is 5.10 Å². The molecule has 158 valence electrons. The topological polar surface area (TPSA) is 63.4 Å². The van der Waals surface area contributed by atoms with Crippen molar-refractivity contribution in [2.75, 3.05) is 13.1 Å². The van der Waals surface area contributed by atoms with Gasteiger partial charge in [-0.15, -0.1) is 11.3 Å². The molecule has 0 unspecified atom stereocenters. The van der Waals surface area contributed by atoms with Gasteiger partial charge in [0.2, 0.25) is 0 Å². The number of likely N-dealkylation sites (tertiary alicyclic amines) is 1. The lowest BCUT2D eigenvalue weighted by molar-refractivity contribution is 0.0711. The number of aromatic nitrogens is 4. The second-order valence-corrected chi connectivity index (χ2v) is 9.77. The van der Waals surface area contributed by atoms with E-state index in [1.807, 2.05) is 36.9 Å². The number of amides is 1. The Bertz CT molecular complexity index is 1270. The highest BCUT2D eigenvalue weighted by atomic mass is 79.9. The van der Waals surface area contributed by atoms with Crippen LogP contribution in [0.1, 0.15) is 45.5 Å². The Morgan fingerprint density at radius 1 is 1.19 bits per heavy atom. The van der Waals surface area contributed by atoms with E-state index in [2.05, 4.69) is 43.5 Å². The molecule has 1 aliphatic rings. The molecule has 0 bridgehead atoms. The van der Waals surface area contributed by atoms with Gasteiger partial charge in [0.15, 0.2) is 5.65 Å². The number of fused-ring (bicyclic) bond motifs is 1. The molecule has 3 aromatic heterocycles. The standard InChI is InChI=1S/C23H22BrN5OS/c1-14-10-21-25-12-19(15(2)29(21)27-14)23(30)28-8-6-16(7-9-28)22-26-20(13-31-22)17-4-3-5-18(24)11-17/h3-5,10-13,16H,6-9H2,1-2H3. The molecule has 1 fully saturated rings. The van der Waals surface area contributed by atoms with Gasteiger partial charge in [-0.05, 0) is 38.8 Å². The summed E-state index contributed by atoms with van der Waals surface area (Å²) in [5.41, 5.74) is 5.27. The molecule has 4 aromatic rings. The predicted octanol–water partition coefficient (Wildman–Crippen LogP) is 5.25. The maximum atomic E-state index is 13.2. The van der Waals surface area contributed by atoms with Gasteiger partial charge in [0, 0.05) is 46.7 Å². The summed E-state index contributed by atoms with van der Waals surface area (Å²) in [5, 5.41) is 7.75. The molecule has 0 spiro atoms. The highest BCUT2D eigenvalue weighted by molar-refractivity contribution is 9.10. The molecular formula is C23H22BrN5OS. The van der Waals surface area contributed by atoms with Crippen LogP contribution in [-0.2, 0) is 0 Å². The molecule has 0 atom stereocenters. The number of nitrogens with zero attached hydrogens (tertiary/aromatic N) is 5. The Balaban J connectivity index is 1.29. The molecule has 1 amide bonds. The third-order valence-corrected chi connectivity index (χ3v) is 7.35. The molecule has 0 aliphatic carbocycles. The molecule has 8 heteroatoms. The molecule has 4 heterocycles. The average molecular weight is 496 g/mol. The Hall–Kier alpha value is -2.58. The third-order valence-electron chi connectivity index (χ3n) is 5.85. The van der Waals surface area contributed by atoms with Gasteiger partial charge in [0.1, 0.15) is 0 Å². The highest BCUT2D eigenvalue weighted by Crippen LogP contribution is 2.34. The number of benzene rings is 1. The maximum absolute atomic E-state index is 13.2. The summed E-state index contributed by atoms with van der Waals surface area (Å²) in [6, 6.07) is 10.1. The number of carbonyl (C=O) groups excluding carboxylic acids is 1. The van der Waals surface area contributed by atoms with E-state index in [4.69, 9.17) is 4.98 Å². The van der Waals surface area contributed by atoms with Gasteiger partial charge < -0.3 is 4.90 Å². The van der Waals surface area contributed by atoms with E-state index in [-0.39, 0.29) is 5.91 Å². The molecule has 6 nitrogen and oxygen atoms in total. The van der Waals surface area contributed by atoms with Gasteiger partial charge in [0.25, 0.3) is 5.91 Å². The summed E-state index contributed by atoms with van der Waals surface area (Å²) in [7, 11) is 0. The van der Waals surface area contributed by atoms with E-state index in [1.165, 1.54) is 0 Å². The minimum Gasteiger partial charge on any atom is -0.338 e. The normalized spacial score (nSPS) is 15.0. The monoisotopic (exact) mass is 495 g/mol. The summed E-state index contributed by atoms with van der Waals surface area (Å²) >= 11 is 5.25. The summed E-state index contributed by atoms with van der Waals surface area (Å²) in [4.78, 5) is 24.4. The van der Waals surface area contributed by atoms with Crippen LogP contribution >= 0.6 is 27.3 Å². The Morgan fingerprint density at radius 2 is 2.00 bits per heavy atom. The minimum absolute atomic E-state index is 0.0347. The number of rotatable bonds is 3. The fraction of sp³-hybridized carbons (Fsp3) is 0.304. The molecule has 5 rings (SSSR count). The fourth-order valence-corrected chi connectivity index (χ4v) is 5.53. The number of carbonyl (C=O) groups is 1. The number of thiazole rings is 1. The van der Waals surface area contributed by atoms with Crippen LogP contribution in [0, 0.1) is 13.8 Å². The molecule has 1 saturated heterocycles. The van der Waals surface area contributed by atoms with Crippen LogP contribution in [-0.4, -0.2) is 43.5 Å².